The quantitative estimate of drug-likeness (QED) is 0.373. The third kappa shape index (κ3) is 7.89. The summed E-state index contributed by atoms with van der Waals surface area (Å²) in [5, 5.41) is 3.01. The maximum Gasteiger partial charge on any atom is 0.416 e. The van der Waals surface area contributed by atoms with E-state index in [9.17, 15) is 18.0 Å². The molecule has 2 aromatic carbocycles. The molecule has 1 aliphatic rings. The number of ether oxygens (including phenoxy) is 3. The molecule has 1 aromatic heterocycles. The van der Waals surface area contributed by atoms with E-state index in [-0.39, 0.29) is 30.1 Å². The summed E-state index contributed by atoms with van der Waals surface area (Å²) in [6.45, 7) is 2.41. The second-order valence-electron chi connectivity index (χ2n) is 9.64. The topological polar surface area (TPSA) is 88.7 Å². The molecule has 3 aromatic rings. The van der Waals surface area contributed by atoms with E-state index >= 15 is 0 Å². The van der Waals surface area contributed by atoms with Crippen LogP contribution in [0.2, 0.25) is 0 Å². The molecule has 0 radical (unpaired) electrons. The summed E-state index contributed by atoms with van der Waals surface area (Å²) >= 11 is 0. The lowest BCUT2D eigenvalue weighted by Crippen LogP contribution is -2.47. The Hall–Kier alpha value is -3.73. The van der Waals surface area contributed by atoms with E-state index in [4.69, 9.17) is 14.2 Å². The Labute approximate surface area is 225 Å². The van der Waals surface area contributed by atoms with Crippen LogP contribution in [0.15, 0.2) is 55.0 Å². The number of imidazole rings is 1. The fourth-order valence-electron chi connectivity index (χ4n) is 4.84. The molecule has 0 bridgehead atoms. The Bertz CT molecular complexity index is 1220. The number of aromatic nitrogens is 2. The fourth-order valence-corrected chi connectivity index (χ4v) is 4.84. The van der Waals surface area contributed by atoms with Crippen molar-refractivity contribution in [3.8, 4) is 17.2 Å². The smallest absolute Gasteiger partial charge is 0.416 e. The summed E-state index contributed by atoms with van der Waals surface area (Å²) in [6.07, 6.45) is 0.0745. The minimum Gasteiger partial charge on any atom is -0.493 e. The van der Waals surface area contributed by atoms with Crippen molar-refractivity contribution in [1.29, 1.82) is 0 Å². The van der Waals surface area contributed by atoms with E-state index in [1.165, 1.54) is 12.1 Å². The first-order valence-electron chi connectivity index (χ1n) is 12.7. The number of hydrogen-bond acceptors (Lipinski definition) is 6. The van der Waals surface area contributed by atoms with Crippen LogP contribution in [0.25, 0.3) is 0 Å². The number of likely N-dealkylation sites (tertiary alicyclic amines) is 1. The number of halogens is 3. The van der Waals surface area contributed by atoms with Gasteiger partial charge in [0.05, 0.1) is 38.6 Å². The second kappa shape index (κ2) is 12.9. The molecule has 11 heteroatoms. The van der Waals surface area contributed by atoms with Crippen LogP contribution in [0.3, 0.4) is 0 Å². The van der Waals surface area contributed by atoms with E-state index in [0.717, 1.165) is 23.4 Å². The molecule has 0 unspecified atom stereocenters. The van der Waals surface area contributed by atoms with E-state index in [2.05, 4.69) is 20.2 Å². The van der Waals surface area contributed by atoms with Crippen LogP contribution >= 0.6 is 0 Å². The molecule has 1 fully saturated rings. The van der Waals surface area contributed by atoms with Gasteiger partial charge in [-0.1, -0.05) is 12.1 Å². The lowest BCUT2D eigenvalue weighted by atomic mass is 9.88. The zero-order chi connectivity index (χ0) is 27.8. The molecule has 2 N–H and O–H groups in total. The minimum absolute atomic E-state index is 0.0585. The molecule has 0 aliphatic carbocycles. The number of piperidine rings is 1. The fraction of sp³-hybridized carbons (Fsp3) is 0.429. The van der Waals surface area contributed by atoms with E-state index in [1.54, 1.807) is 26.7 Å². The lowest BCUT2D eigenvalue weighted by Gasteiger charge is -2.37. The zero-order valence-electron chi connectivity index (χ0n) is 22.0. The number of H-pyrrole nitrogens is 1. The van der Waals surface area contributed by atoms with Gasteiger partial charge < -0.3 is 24.5 Å². The van der Waals surface area contributed by atoms with Gasteiger partial charge in [0.25, 0.3) is 0 Å². The van der Waals surface area contributed by atoms with E-state index < -0.39 is 11.7 Å². The van der Waals surface area contributed by atoms with Gasteiger partial charge in [0.1, 0.15) is 5.75 Å². The summed E-state index contributed by atoms with van der Waals surface area (Å²) in [4.78, 5) is 22.3. The SMILES string of the molecule is COc1ccc(CN2C[C@@H](COc3cccc(C(F)(F)F)c3)C[C@@H](C(=O)NCCc3cnc[nH]3)C2)cc1OC. The molecule has 0 saturated carbocycles. The number of carbonyl (C=O) groups is 1. The number of methoxy groups -OCH3 is 2. The van der Waals surface area contributed by atoms with E-state index in [0.29, 0.717) is 50.5 Å². The summed E-state index contributed by atoms with van der Waals surface area (Å²) in [5.41, 5.74) is 1.17. The van der Waals surface area contributed by atoms with Crippen molar-refractivity contribution < 1.29 is 32.2 Å². The number of amides is 1. The maximum absolute atomic E-state index is 13.1. The van der Waals surface area contributed by atoms with E-state index in [1.807, 2.05) is 18.2 Å². The van der Waals surface area contributed by atoms with Crippen molar-refractivity contribution in [2.75, 3.05) is 40.5 Å². The predicted octanol–water partition coefficient (Wildman–Crippen LogP) is 4.32. The maximum atomic E-state index is 13.1. The molecule has 8 nitrogen and oxygen atoms in total. The summed E-state index contributed by atoms with van der Waals surface area (Å²) in [6, 6.07) is 10.6. The monoisotopic (exact) mass is 546 g/mol. The van der Waals surface area contributed by atoms with Crippen LogP contribution in [0, 0.1) is 11.8 Å². The Morgan fingerprint density at radius 3 is 2.67 bits per heavy atom. The molecular formula is C28H33F3N4O4. The lowest BCUT2D eigenvalue weighted by molar-refractivity contribution is -0.137. The first-order valence-corrected chi connectivity index (χ1v) is 12.7. The molecule has 1 saturated heterocycles. The van der Waals surface area contributed by atoms with Gasteiger partial charge in [0.2, 0.25) is 5.91 Å². The molecule has 1 aliphatic heterocycles. The predicted molar refractivity (Wildman–Crippen MR) is 139 cm³/mol. The molecule has 2 atom stereocenters. The molecule has 210 valence electrons. The second-order valence-corrected chi connectivity index (χ2v) is 9.64. The summed E-state index contributed by atoms with van der Waals surface area (Å²) in [7, 11) is 3.15. The normalized spacial score (nSPS) is 18.0. The van der Waals surface area contributed by atoms with Gasteiger partial charge in [-0.25, -0.2) is 4.98 Å². The highest BCUT2D eigenvalue weighted by Crippen LogP contribution is 2.32. The highest BCUT2D eigenvalue weighted by Gasteiger charge is 2.33. The number of nitrogens with one attached hydrogen (secondary N) is 2. The number of hydrogen-bond donors (Lipinski definition) is 2. The molecule has 2 heterocycles. The van der Waals surface area contributed by atoms with Gasteiger partial charge in [0.15, 0.2) is 11.5 Å². The van der Waals surface area contributed by atoms with Crippen LogP contribution in [0.5, 0.6) is 17.2 Å². The molecule has 0 spiro atoms. The average molecular weight is 547 g/mol. The number of aromatic amines is 1. The third-order valence-corrected chi connectivity index (χ3v) is 6.73. The number of benzene rings is 2. The number of rotatable bonds is 11. The van der Waals surface area contributed by atoms with Crippen molar-refractivity contribution in [3.63, 3.8) is 0 Å². The first-order chi connectivity index (χ1) is 18.7. The minimum atomic E-state index is -4.44. The van der Waals surface area contributed by atoms with Crippen molar-refractivity contribution in [1.82, 2.24) is 20.2 Å². The Balaban J connectivity index is 1.43. The van der Waals surface area contributed by atoms with Gasteiger partial charge in [0, 0.05) is 50.4 Å². The van der Waals surface area contributed by atoms with Gasteiger partial charge in [-0.2, -0.15) is 13.2 Å². The Morgan fingerprint density at radius 1 is 1.13 bits per heavy atom. The number of carbonyl (C=O) groups excluding carboxylic acids is 1. The molecule has 4 rings (SSSR count). The highest BCUT2D eigenvalue weighted by molar-refractivity contribution is 5.79. The van der Waals surface area contributed by atoms with Crippen molar-refractivity contribution in [2.24, 2.45) is 11.8 Å². The summed E-state index contributed by atoms with van der Waals surface area (Å²) < 4.78 is 55.9. The Morgan fingerprint density at radius 2 is 1.95 bits per heavy atom. The largest absolute Gasteiger partial charge is 0.493 e. The third-order valence-electron chi connectivity index (χ3n) is 6.73. The number of nitrogens with zero attached hydrogens (tertiary/aromatic N) is 2. The van der Waals surface area contributed by atoms with Gasteiger partial charge >= 0.3 is 6.18 Å². The van der Waals surface area contributed by atoms with Gasteiger partial charge in [-0.15, -0.1) is 0 Å². The van der Waals surface area contributed by atoms with Crippen LogP contribution < -0.4 is 19.5 Å². The van der Waals surface area contributed by atoms with Crippen LogP contribution in [0.1, 0.15) is 23.2 Å². The molecule has 39 heavy (non-hydrogen) atoms. The van der Waals surface area contributed by atoms with Crippen LogP contribution in [-0.2, 0) is 23.9 Å². The average Bonchev–Trinajstić information content (AvgIpc) is 3.45. The van der Waals surface area contributed by atoms with Gasteiger partial charge in [-0.05, 0) is 42.3 Å². The van der Waals surface area contributed by atoms with Crippen LogP contribution in [-0.4, -0.2) is 61.2 Å². The highest BCUT2D eigenvalue weighted by atomic mass is 19.4. The van der Waals surface area contributed by atoms with Crippen molar-refractivity contribution in [2.45, 2.75) is 25.6 Å². The standard InChI is InChI=1S/C28H33F3N4O4/c1-37-25-7-6-19(11-26(25)38-2)14-35-15-20(17-39-24-5-3-4-22(12-24)28(29,30)31)10-21(16-35)27(36)33-9-8-23-13-32-18-34-23/h3-7,11-13,18,20-21H,8-10,14-17H2,1-2H3,(H,32,34)(H,33,36)/t20-,21+/m0/s1. The zero-order valence-corrected chi connectivity index (χ0v) is 22.0. The van der Waals surface area contributed by atoms with Crippen molar-refractivity contribution in [3.05, 3.63) is 71.8 Å². The van der Waals surface area contributed by atoms with Gasteiger partial charge in [-0.3, -0.25) is 9.69 Å². The summed E-state index contributed by atoms with van der Waals surface area (Å²) in [5.74, 6) is 0.983. The molecular weight excluding hydrogens is 513 g/mol. The molecule has 1 amide bonds. The van der Waals surface area contributed by atoms with Crippen LogP contribution in [0.4, 0.5) is 13.2 Å². The number of alkyl halides is 3. The first kappa shape index (κ1) is 28.3. The van der Waals surface area contributed by atoms with Crippen molar-refractivity contribution >= 4 is 5.91 Å². The Kier molecular flexibility index (Phi) is 9.34.